The van der Waals surface area contributed by atoms with Gasteiger partial charge < -0.3 is 18.9 Å². The lowest BCUT2D eigenvalue weighted by atomic mass is 9.96. The van der Waals surface area contributed by atoms with Gasteiger partial charge in [0, 0.05) is 13.1 Å². The Balaban J connectivity index is 1.53. The quantitative estimate of drug-likeness (QED) is 0.846. The van der Waals surface area contributed by atoms with Crippen LogP contribution in [0.3, 0.4) is 0 Å². The number of hydrogen-bond donors (Lipinski definition) is 0. The highest BCUT2D eigenvalue weighted by molar-refractivity contribution is 5.83. The Labute approximate surface area is 146 Å². The van der Waals surface area contributed by atoms with Crippen molar-refractivity contribution in [1.29, 1.82) is 0 Å². The summed E-state index contributed by atoms with van der Waals surface area (Å²) in [6.07, 6.45) is 1.78. The molecule has 7 heteroatoms. The number of hydrogen-bond acceptors (Lipinski definition) is 5. The van der Waals surface area contributed by atoms with Gasteiger partial charge in [-0.2, -0.15) is 0 Å². The molecule has 2 aromatic rings. The van der Waals surface area contributed by atoms with Crippen molar-refractivity contribution in [2.45, 2.75) is 32.1 Å². The van der Waals surface area contributed by atoms with E-state index in [1.165, 1.54) is 5.56 Å². The Hall–Kier alpha value is -2.25. The van der Waals surface area contributed by atoms with Crippen LogP contribution in [0.1, 0.15) is 36.1 Å². The number of carbonyl (C=O) groups excluding carboxylic acids is 1. The van der Waals surface area contributed by atoms with E-state index in [1.807, 2.05) is 34.6 Å². The maximum Gasteiger partial charge on any atom is 0.256 e. The van der Waals surface area contributed by atoms with Crippen LogP contribution in [-0.4, -0.2) is 51.9 Å². The standard InChI is InChI=1S/C18H22N4O3/c1-2-21-12-19-20-17(21)15-11-22(8-10-24-15)18(23)16-14-6-4-3-5-13(14)7-9-25-16/h3-6,12,15-16H,2,7-11H2,1H3/t15-,16-/m1/s1. The molecule has 2 aliphatic heterocycles. The molecule has 0 saturated carbocycles. The van der Waals surface area contributed by atoms with E-state index < -0.39 is 6.10 Å². The summed E-state index contributed by atoms with van der Waals surface area (Å²) in [5, 5.41) is 8.13. The lowest BCUT2D eigenvalue weighted by molar-refractivity contribution is -0.153. The Bertz CT molecular complexity index is 760. The molecule has 1 amide bonds. The number of aryl methyl sites for hydroxylation is 1. The highest BCUT2D eigenvalue weighted by Gasteiger charge is 2.35. The first-order valence-electron chi connectivity index (χ1n) is 8.75. The predicted octanol–water partition coefficient (Wildman–Crippen LogP) is 1.51. The minimum Gasteiger partial charge on any atom is -0.366 e. The van der Waals surface area contributed by atoms with Crippen molar-refractivity contribution < 1.29 is 14.3 Å². The molecular weight excluding hydrogens is 320 g/mol. The Morgan fingerprint density at radius 1 is 1.28 bits per heavy atom. The first-order valence-corrected chi connectivity index (χ1v) is 8.75. The smallest absolute Gasteiger partial charge is 0.256 e. The largest absolute Gasteiger partial charge is 0.366 e. The van der Waals surface area contributed by atoms with E-state index in [0.717, 1.165) is 24.4 Å². The van der Waals surface area contributed by atoms with E-state index in [9.17, 15) is 4.79 Å². The van der Waals surface area contributed by atoms with Crippen molar-refractivity contribution in [3.63, 3.8) is 0 Å². The normalized spacial score (nSPS) is 23.3. The molecule has 0 bridgehead atoms. The third kappa shape index (κ3) is 3.05. The number of benzene rings is 1. The molecule has 7 nitrogen and oxygen atoms in total. The fourth-order valence-corrected chi connectivity index (χ4v) is 3.53. The van der Waals surface area contributed by atoms with Crippen LogP contribution in [0.15, 0.2) is 30.6 Å². The summed E-state index contributed by atoms with van der Waals surface area (Å²) in [5.41, 5.74) is 2.18. The zero-order valence-corrected chi connectivity index (χ0v) is 14.3. The van der Waals surface area contributed by atoms with Crippen LogP contribution in [0, 0.1) is 0 Å². The van der Waals surface area contributed by atoms with Crippen LogP contribution in [0.4, 0.5) is 0 Å². The molecule has 2 aliphatic rings. The van der Waals surface area contributed by atoms with Gasteiger partial charge in [-0.25, -0.2) is 0 Å². The van der Waals surface area contributed by atoms with E-state index in [4.69, 9.17) is 9.47 Å². The van der Waals surface area contributed by atoms with Crippen LogP contribution in [0.5, 0.6) is 0 Å². The van der Waals surface area contributed by atoms with Crippen molar-refractivity contribution in [3.8, 4) is 0 Å². The fourth-order valence-electron chi connectivity index (χ4n) is 3.53. The minimum atomic E-state index is -0.521. The first-order chi connectivity index (χ1) is 12.3. The number of nitrogens with zero attached hydrogens (tertiary/aromatic N) is 4. The van der Waals surface area contributed by atoms with Crippen molar-refractivity contribution in [3.05, 3.63) is 47.5 Å². The van der Waals surface area contributed by atoms with Crippen molar-refractivity contribution in [1.82, 2.24) is 19.7 Å². The van der Waals surface area contributed by atoms with Gasteiger partial charge >= 0.3 is 0 Å². The molecule has 3 heterocycles. The molecule has 1 saturated heterocycles. The number of aromatic nitrogens is 3. The molecular formula is C18H22N4O3. The third-order valence-corrected chi connectivity index (χ3v) is 4.87. The topological polar surface area (TPSA) is 69.5 Å². The molecule has 0 spiro atoms. The number of rotatable bonds is 3. The molecule has 4 rings (SSSR count). The molecule has 0 N–H and O–H groups in total. The molecule has 0 aliphatic carbocycles. The molecule has 0 unspecified atom stereocenters. The van der Waals surface area contributed by atoms with Gasteiger partial charge in [-0.05, 0) is 24.5 Å². The second-order valence-corrected chi connectivity index (χ2v) is 6.32. The number of ether oxygens (including phenoxy) is 2. The van der Waals surface area contributed by atoms with Gasteiger partial charge in [0.15, 0.2) is 11.9 Å². The van der Waals surface area contributed by atoms with Crippen LogP contribution < -0.4 is 0 Å². The molecule has 2 atom stereocenters. The Morgan fingerprint density at radius 3 is 3.04 bits per heavy atom. The maximum atomic E-state index is 13.1. The average molecular weight is 342 g/mol. The molecule has 1 fully saturated rings. The minimum absolute atomic E-state index is 0.00279. The summed E-state index contributed by atoms with van der Waals surface area (Å²) >= 11 is 0. The zero-order chi connectivity index (χ0) is 17.2. The fraction of sp³-hybridized carbons (Fsp3) is 0.500. The molecule has 0 radical (unpaired) electrons. The highest BCUT2D eigenvalue weighted by atomic mass is 16.5. The first kappa shape index (κ1) is 16.2. The van der Waals surface area contributed by atoms with Gasteiger partial charge in [-0.15, -0.1) is 10.2 Å². The number of fused-ring (bicyclic) bond motifs is 1. The van der Waals surface area contributed by atoms with Crippen LogP contribution >= 0.6 is 0 Å². The second kappa shape index (κ2) is 6.93. The van der Waals surface area contributed by atoms with Gasteiger partial charge in [-0.1, -0.05) is 24.3 Å². The summed E-state index contributed by atoms with van der Waals surface area (Å²) < 4.78 is 13.6. The Morgan fingerprint density at radius 2 is 2.16 bits per heavy atom. The number of morpholine rings is 1. The summed E-state index contributed by atoms with van der Waals surface area (Å²) in [5.74, 6) is 0.771. The van der Waals surface area contributed by atoms with Gasteiger partial charge in [0.25, 0.3) is 5.91 Å². The van der Waals surface area contributed by atoms with Gasteiger partial charge in [0.1, 0.15) is 12.4 Å². The number of carbonyl (C=O) groups is 1. The van der Waals surface area contributed by atoms with Crippen LogP contribution in [-0.2, 0) is 27.2 Å². The monoisotopic (exact) mass is 342 g/mol. The van der Waals surface area contributed by atoms with E-state index in [1.54, 1.807) is 6.33 Å². The molecule has 1 aromatic carbocycles. The SMILES string of the molecule is CCn1cnnc1[C@H]1CN(C(=O)[C@@H]2OCCc3ccccc32)CCO1. The summed E-state index contributed by atoms with van der Waals surface area (Å²) in [4.78, 5) is 14.9. The van der Waals surface area contributed by atoms with Gasteiger partial charge in [-0.3, -0.25) is 4.79 Å². The van der Waals surface area contributed by atoms with Crippen molar-refractivity contribution in [2.24, 2.45) is 0 Å². The van der Waals surface area contributed by atoms with E-state index in [2.05, 4.69) is 16.3 Å². The van der Waals surface area contributed by atoms with Gasteiger partial charge in [0.2, 0.25) is 0 Å². The molecule has 1 aromatic heterocycles. The van der Waals surface area contributed by atoms with E-state index in [0.29, 0.717) is 26.3 Å². The van der Waals surface area contributed by atoms with Crippen LogP contribution in [0.25, 0.3) is 0 Å². The second-order valence-electron chi connectivity index (χ2n) is 6.32. The van der Waals surface area contributed by atoms with E-state index >= 15 is 0 Å². The van der Waals surface area contributed by atoms with Gasteiger partial charge in [0.05, 0.1) is 19.8 Å². The summed E-state index contributed by atoms with van der Waals surface area (Å²) in [7, 11) is 0. The number of amides is 1. The lowest BCUT2D eigenvalue weighted by Gasteiger charge is -2.36. The Kier molecular flexibility index (Phi) is 4.50. The van der Waals surface area contributed by atoms with Crippen molar-refractivity contribution in [2.75, 3.05) is 26.3 Å². The highest BCUT2D eigenvalue weighted by Crippen LogP contribution is 2.30. The predicted molar refractivity (Wildman–Crippen MR) is 89.8 cm³/mol. The summed E-state index contributed by atoms with van der Waals surface area (Å²) in [6, 6.07) is 8.03. The maximum absolute atomic E-state index is 13.1. The summed E-state index contributed by atoms with van der Waals surface area (Å²) in [6.45, 7) is 4.91. The van der Waals surface area contributed by atoms with Crippen LogP contribution in [0.2, 0.25) is 0 Å². The molecule has 132 valence electrons. The molecule has 25 heavy (non-hydrogen) atoms. The zero-order valence-electron chi connectivity index (χ0n) is 14.3. The third-order valence-electron chi connectivity index (χ3n) is 4.87. The average Bonchev–Trinajstić information content (AvgIpc) is 3.16. The van der Waals surface area contributed by atoms with Crippen molar-refractivity contribution >= 4 is 5.91 Å². The lowest BCUT2D eigenvalue weighted by Crippen LogP contribution is -2.46. The van der Waals surface area contributed by atoms with E-state index in [-0.39, 0.29) is 12.0 Å².